The zero-order valence-corrected chi connectivity index (χ0v) is 13.9. The number of benzene rings is 1. The maximum absolute atomic E-state index is 13.0. The number of piperidine rings is 1. The Morgan fingerprint density at radius 3 is 2.50 bits per heavy atom. The predicted octanol–water partition coefficient (Wildman–Crippen LogP) is 4.13. The molecule has 2 heterocycles. The number of hydrogen-bond donors (Lipinski definition) is 2. The minimum atomic E-state index is -4.56. The summed E-state index contributed by atoms with van der Waals surface area (Å²) < 4.78 is 39.0. The highest BCUT2D eigenvalue weighted by Gasteiger charge is 2.33. The summed E-state index contributed by atoms with van der Waals surface area (Å²) in [6.45, 7) is 1.75. The normalized spacial score (nSPS) is 14.8. The fraction of sp³-hybridized carbons (Fsp3) is 0.353. The van der Waals surface area contributed by atoms with Crippen LogP contribution in [0, 0.1) is 0 Å². The van der Waals surface area contributed by atoms with E-state index in [2.05, 4.69) is 25.5 Å². The van der Waals surface area contributed by atoms with Gasteiger partial charge in [0, 0.05) is 19.2 Å². The molecule has 1 fully saturated rings. The molecule has 9 heteroatoms. The van der Waals surface area contributed by atoms with Crippen molar-refractivity contribution >= 4 is 23.4 Å². The van der Waals surface area contributed by atoms with Crippen LogP contribution in [0.3, 0.4) is 0 Å². The second-order valence-electron chi connectivity index (χ2n) is 5.93. The second-order valence-corrected chi connectivity index (χ2v) is 5.93. The Morgan fingerprint density at radius 2 is 1.77 bits per heavy atom. The molecule has 0 aliphatic carbocycles. The summed E-state index contributed by atoms with van der Waals surface area (Å²) in [5.41, 5.74) is -1.23. The van der Waals surface area contributed by atoms with E-state index in [1.165, 1.54) is 30.9 Å². The minimum Gasteiger partial charge on any atom is -0.356 e. The number of halogens is 3. The Bertz CT molecular complexity index is 775. The number of amides is 2. The molecular formula is C17H18F3N5O. The van der Waals surface area contributed by atoms with Gasteiger partial charge in [0.05, 0.1) is 11.3 Å². The highest BCUT2D eigenvalue weighted by molar-refractivity contribution is 5.99. The number of urea groups is 1. The SMILES string of the molecule is O=C(Nc1cc(N2CCCCC2)ncn1)Nc1ccccc1C(F)(F)F. The van der Waals surface area contributed by atoms with E-state index >= 15 is 0 Å². The summed E-state index contributed by atoms with van der Waals surface area (Å²) in [5, 5.41) is 4.67. The van der Waals surface area contributed by atoms with Crippen LogP contribution in [0.1, 0.15) is 24.8 Å². The van der Waals surface area contributed by atoms with Gasteiger partial charge in [-0.2, -0.15) is 13.2 Å². The Balaban J connectivity index is 1.69. The Kier molecular flexibility index (Phi) is 5.24. The van der Waals surface area contributed by atoms with Crippen molar-refractivity contribution in [3.05, 3.63) is 42.2 Å². The smallest absolute Gasteiger partial charge is 0.356 e. The molecule has 138 valence electrons. The van der Waals surface area contributed by atoms with Gasteiger partial charge in [-0.05, 0) is 31.4 Å². The summed E-state index contributed by atoms with van der Waals surface area (Å²) in [5.74, 6) is 0.910. The van der Waals surface area contributed by atoms with Gasteiger partial charge < -0.3 is 10.2 Å². The van der Waals surface area contributed by atoms with Crippen molar-refractivity contribution in [1.82, 2.24) is 9.97 Å². The van der Waals surface area contributed by atoms with E-state index in [0.29, 0.717) is 5.82 Å². The van der Waals surface area contributed by atoms with E-state index in [9.17, 15) is 18.0 Å². The number of hydrogen-bond acceptors (Lipinski definition) is 4. The molecule has 1 aromatic carbocycles. The maximum Gasteiger partial charge on any atom is 0.418 e. The molecule has 0 spiro atoms. The minimum absolute atomic E-state index is 0.225. The Hall–Kier alpha value is -2.84. The van der Waals surface area contributed by atoms with Crippen molar-refractivity contribution in [3.63, 3.8) is 0 Å². The summed E-state index contributed by atoms with van der Waals surface area (Å²) >= 11 is 0. The number of anilines is 3. The monoisotopic (exact) mass is 365 g/mol. The third-order valence-electron chi connectivity index (χ3n) is 4.05. The van der Waals surface area contributed by atoms with E-state index in [0.717, 1.165) is 32.0 Å². The molecule has 6 nitrogen and oxygen atoms in total. The third-order valence-corrected chi connectivity index (χ3v) is 4.05. The molecule has 0 bridgehead atoms. The zero-order valence-electron chi connectivity index (χ0n) is 13.9. The lowest BCUT2D eigenvalue weighted by molar-refractivity contribution is -0.136. The molecule has 26 heavy (non-hydrogen) atoms. The van der Waals surface area contributed by atoms with E-state index in [4.69, 9.17) is 0 Å². The van der Waals surface area contributed by atoms with Crippen molar-refractivity contribution in [1.29, 1.82) is 0 Å². The molecule has 2 N–H and O–H groups in total. The molecule has 2 amide bonds. The van der Waals surface area contributed by atoms with Crippen molar-refractivity contribution in [2.24, 2.45) is 0 Å². The average molecular weight is 365 g/mol. The number of rotatable bonds is 3. The average Bonchev–Trinajstić information content (AvgIpc) is 2.62. The van der Waals surface area contributed by atoms with Gasteiger partial charge in [0.15, 0.2) is 0 Å². The lowest BCUT2D eigenvalue weighted by Gasteiger charge is -2.27. The van der Waals surface area contributed by atoms with Gasteiger partial charge in [0.25, 0.3) is 0 Å². The van der Waals surface area contributed by atoms with Gasteiger partial charge in [-0.1, -0.05) is 12.1 Å². The molecule has 1 aliphatic rings. The molecule has 0 atom stereocenters. The van der Waals surface area contributed by atoms with E-state index in [1.54, 1.807) is 6.07 Å². The first-order valence-electron chi connectivity index (χ1n) is 8.25. The van der Waals surface area contributed by atoms with Crippen LogP contribution in [-0.4, -0.2) is 29.1 Å². The second kappa shape index (κ2) is 7.59. The van der Waals surface area contributed by atoms with Gasteiger partial charge in [-0.15, -0.1) is 0 Å². The van der Waals surface area contributed by atoms with Crippen LogP contribution < -0.4 is 15.5 Å². The lowest BCUT2D eigenvalue weighted by atomic mass is 10.1. The number of carbonyl (C=O) groups is 1. The van der Waals surface area contributed by atoms with E-state index in [-0.39, 0.29) is 11.5 Å². The summed E-state index contributed by atoms with van der Waals surface area (Å²) in [6, 6.07) is 5.60. The summed E-state index contributed by atoms with van der Waals surface area (Å²) in [4.78, 5) is 22.3. The van der Waals surface area contributed by atoms with Gasteiger partial charge in [0.1, 0.15) is 18.0 Å². The Morgan fingerprint density at radius 1 is 1.04 bits per heavy atom. The van der Waals surface area contributed by atoms with Crippen molar-refractivity contribution in [2.75, 3.05) is 28.6 Å². The molecule has 2 aromatic rings. The van der Waals surface area contributed by atoms with Gasteiger partial charge in [-0.3, -0.25) is 5.32 Å². The number of nitrogens with zero attached hydrogens (tertiary/aromatic N) is 3. The van der Waals surface area contributed by atoms with Crippen LogP contribution in [0.2, 0.25) is 0 Å². The first kappa shape index (κ1) is 18.0. The van der Waals surface area contributed by atoms with Gasteiger partial charge in [-0.25, -0.2) is 14.8 Å². The van der Waals surface area contributed by atoms with Crippen LogP contribution in [0.25, 0.3) is 0 Å². The number of aromatic nitrogens is 2. The predicted molar refractivity (Wildman–Crippen MR) is 92.2 cm³/mol. The summed E-state index contributed by atoms with van der Waals surface area (Å²) in [7, 11) is 0. The summed E-state index contributed by atoms with van der Waals surface area (Å²) in [6.07, 6.45) is 0.0834. The van der Waals surface area contributed by atoms with Crippen LogP contribution in [0.5, 0.6) is 0 Å². The van der Waals surface area contributed by atoms with Gasteiger partial charge in [0.2, 0.25) is 0 Å². The number of carbonyl (C=O) groups excluding carboxylic acids is 1. The fourth-order valence-corrected chi connectivity index (χ4v) is 2.82. The van der Waals surface area contributed by atoms with E-state index in [1.807, 2.05) is 0 Å². The zero-order chi connectivity index (χ0) is 18.6. The lowest BCUT2D eigenvalue weighted by Crippen LogP contribution is -2.30. The number of para-hydroxylation sites is 1. The van der Waals surface area contributed by atoms with Crippen molar-refractivity contribution in [3.8, 4) is 0 Å². The molecule has 1 aromatic heterocycles. The largest absolute Gasteiger partial charge is 0.418 e. The molecule has 1 saturated heterocycles. The van der Waals surface area contributed by atoms with E-state index < -0.39 is 17.8 Å². The van der Waals surface area contributed by atoms with Crippen molar-refractivity contribution in [2.45, 2.75) is 25.4 Å². The highest BCUT2D eigenvalue weighted by atomic mass is 19.4. The molecule has 1 aliphatic heterocycles. The van der Waals surface area contributed by atoms with Crippen LogP contribution in [-0.2, 0) is 6.18 Å². The van der Waals surface area contributed by atoms with Crippen LogP contribution >= 0.6 is 0 Å². The first-order chi connectivity index (χ1) is 12.4. The Labute approximate surface area is 148 Å². The topological polar surface area (TPSA) is 70.2 Å². The van der Waals surface area contributed by atoms with Crippen LogP contribution in [0.15, 0.2) is 36.7 Å². The maximum atomic E-state index is 13.0. The first-order valence-corrected chi connectivity index (χ1v) is 8.25. The fourth-order valence-electron chi connectivity index (χ4n) is 2.82. The van der Waals surface area contributed by atoms with Gasteiger partial charge >= 0.3 is 12.2 Å². The molecule has 0 radical (unpaired) electrons. The number of alkyl halides is 3. The standard InChI is InChI=1S/C17H18F3N5O/c18-17(19,20)12-6-2-3-7-13(12)23-16(26)24-14-10-15(22-11-21-14)25-8-4-1-5-9-25/h2-3,6-7,10-11H,1,4-5,8-9H2,(H2,21,22,23,24,26). The molecule has 3 rings (SSSR count). The van der Waals surface area contributed by atoms with Crippen LogP contribution in [0.4, 0.5) is 35.3 Å². The quantitative estimate of drug-likeness (QED) is 0.858. The highest BCUT2D eigenvalue weighted by Crippen LogP contribution is 2.34. The molecule has 0 unspecified atom stereocenters. The molecular weight excluding hydrogens is 347 g/mol. The number of nitrogens with one attached hydrogen (secondary N) is 2. The third kappa shape index (κ3) is 4.41. The molecule has 0 saturated carbocycles. The van der Waals surface area contributed by atoms with Crippen molar-refractivity contribution < 1.29 is 18.0 Å².